The van der Waals surface area contributed by atoms with E-state index in [1.807, 2.05) is 19.1 Å². The lowest BCUT2D eigenvalue weighted by molar-refractivity contribution is 0.740. The highest BCUT2D eigenvalue weighted by Crippen LogP contribution is 2.01. The van der Waals surface area contributed by atoms with Crippen molar-refractivity contribution in [3.8, 4) is 0 Å². The van der Waals surface area contributed by atoms with Crippen LogP contribution in [0.5, 0.6) is 0 Å². The molecule has 0 spiro atoms. The summed E-state index contributed by atoms with van der Waals surface area (Å²) in [7, 11) is 0. The first-order valence-corrected chi connectivity index (χ1v) is 3.77. The average Bonchev–Trinajstić information content (AvgIpc) is 1.98. The Morgan fingerprint density at radius 3 is 2.60 bits per heavy atom. The highest BCUT2D eigenvalue weighted by atomic mass is 14.6. The summed E-state index contributed by atoms with van der Waals surface area (Å²) in [6.45, 7) is 6.16. The van der Waals surface area contributed by atoms with Gasteiger partial charge in [-0.15, -0.1) is 0 Å². The van der Waals surface area contributed by atoms with Crippen LogP contribution >= 0.6 is 0 Å². The van der Waals surface area contributed by atoms with Crippen molar-refractivity contribution in [2.75, 3.05) is 0 Å². The lowest BCUT2D eigenvalue weighted by Gasteiger charge is -2.06. The number of hydrogen-bond acceptors (Lipinski definition) is 1. The van der Waals surface area contributed by atoms with Crippen LogP contribution < -0.4 is 5.73 Å². The molecule has 0 heterocycles. The van der Waals surface area contributed by atoms with Crippen LogP contribution in [0.3, 0.4) is 0 Å². The van der Waals surface area contributed by atoms with E-state index in [-0.39, 0.29) is 6.04 Å². The first-order valence-electron chi connectivity index (χ1n) is 3.77. The van der Waals surface area contributed by atoms with Gasteiger partial charge in [-0.3, -0.25) is 0 Å². The normalized spacial score (nSPS) is 16.2. The number of rotatable bonds is 3. The van der Waals surface area contributed by atoms with Crippen molar-refractivity contribution in [2.45, 2.75) is 33.2 Å². The average molecular weight is 139 g/mol. The molecular weight excluding hydrogens is 122 g/mol. The van der Waals surface area contributed by atoms with E-state index in [4.69, 9.17) is 5.73 Å². The van der Waals surface area contributed by atoms with Crippen molar-refractivity contribution in [2.24, 2.45) is 5.73 Å². The van der Waals surface area contributed by atoms with E-state index in [9.17, 15) is 0 Å². The van der Waals surface area contributed by atoms with Gasteiger partial charge in [-0.25, -0.2) is 0 Å². The van der Waals surface area contributed by atoms with E-state index in [0.717, 1.165) is 6.42 Å². The molecule has 1 atom stereocenters. The smallest absolute Gasteiger partial charge is 0.0251 e. The minimum atomic E-state index is 0.233. The molecule has 1 nitrogen and oxygen atoms in total. The number of nitrogens with two attached hydrogens (primary N) is 1. The fraction of sp³-hybridized carbons (Fsp3) is 0.556. The van der Waals surface area contributed by atoms with Crippen molar-refractivity contribution in [3.63, 3.8) is 0 Å². The zero-order chi connectivity index (χ0) is 7.98. The van der Waals surface area contributed by atoms with Crippen molar-refractivity contribution in [1.82, 2.24) is 0 Å². The van der Waals surface area contributed by atoms with Gasteiger partial charge >= 0.3 is 0 Å². The second-order valence-electron chi connectivity index (χ2n) is 2.45. The SMILES string of the molecule is C/C=C\C=C(/C)C(N)CC. The Kier molecular flexibility index (Phi) is 4.95. The van der Waals surface area contributed by atoms with Gasteiger partial charge in [-0.05, 0) is 20.3 Å². The van der Waals surface area contributed by atoms with Gasteiger partial charge in [0.2, 0.25) is 0 Å². The molecule has 1 unspecified atom stereocenters. The van der Waals surface area contributed by atoms with E-state index < -0.39 is 0 Å². The van der Waals surface area contributed by atoms with Crippen molar-refractivity contribution < 1.29 is 0 Å². The van der Waals surface area contributed by atoms with E-state index in [1.165, 1.54) is 5.57 Å². The summed E-state index contributed by atoms with van der Waals surface area (Å²) in [6.07, 6.45) is 7.10. The Labute approximate surface area is 63.6 Å². The summed E-state index contributed by atoms with van der Waals surface area (Å²) in [4.78, 5) is 0. The van der Waals surface area contributed by atoms with Gasteiger partial charge < -0.3 is 5.73 Å². The fourth-order valence-corrected chi connectivity index (χ4v) is 0.694. The lowest BCUT2D eigenvalue weighted by atomic mass is 10.1. The van der Waals surface area contributed by atoms with Gasteiger partial charge in [0, 0.05) is 6.04 Å². The quantitative estimate of drug-likeness (QED) is 0.596. The Morgan fingerprint density at radius 2 is 2.20 bits per heavy atom. The Balaban J connectivity index is 3.91. The molecule has 0 bridgehead atoms. The third kappa shape index (κ3) is 3.46. The molecule has 0 aliphatic heterocycles. The molecule has 0 aromatic rings. The second-order valence-corrected chi connectivity index (χ2v) is 2.45. The minimum absolute atomic E-state index is 0.233. The van der Waals surface area contributed by atoms with Gasteiger partial charge in [0.05, 0.1) is 0 Å². The molecule has 0 aliphatic rings. The zero-order valence-electron chi connectivity index (χ0n) is 7.09. The molecule has 0 saturated carbocycles. The Morgan fingerprint density at radius 1 is 1.60 bits per heavy atom. The monoisotopic (exact) mass is 139 g/mol. The van der Waals surface area contributed by atoms with Crippen LogP contribution in [-0.2, 0) is 0 Å². The second kappa shape index (κ2) is 5.24. The molecule has 0 aromatic heterocycles. The number of hydrogen-bond donors (Lipinski definition) is 1. The van der Waals surface area contributed by atoms with E-state index in [2.05, 4.69) is 19.9 Å². The maximum atomic E-state index is 5.76. The van der Waals surface area contributed by atoms with Gasteiger partial charge in [-0.2, -0.15) is 0 Å². The molecule has 0 radical (unpaired) electrons. The maximum Gasteiger partial charge on any atom is 0.0251 e. The van der Waals surface area contributed by atoms with Gasteiger partial charge in [0.15, 0.2) is 0 Å². The zero-order valence-corrected chi connectivity index (χ0v) is 7.09. The van der Waals surface area contributed by atoms with E-state index in [1.54, 1.807) is 0 Å². The van der Waals surface area contributed by atoms with Crippen LogP contribution in [-0.4, -0.2) is 6.04 Å². The molecule has 0 aliphatic carbocycles. The van der Waals surface area contributed by atoms with Gasteiger partial charge in [-0.1, -0.05) is 30.7 Å². The maximum absolute atomic E-state index is 5.76. The van der Waals surface area contributed by atoms with E-state index >= 15 is 0 Å². The van der Waals surface area contributed by atoms with Crippen LogP contribution in [0.1, 0.15) is 27.2 Å². The molecule has 2 N–H and O–H groups in total. The summed E-state index contributed by atoms with van der Waals surface area (Å²) >= 11 is 0. The van der Waals surface area contributed by atoms with Crippen LogP contribution in [0.15, 0.2) is 23.8 Å². The van der Waals surface area contributed by atoms with Crippen LogP contribution in [0.25, 0.3) is 0 Å². The molecule has 0 rings (SSSR count). The predicted molar refractivity (Wildman–Crippen MR) is 46.8 cm³/mol. The summed E-state index contributed by atoms with van der Waals surface area (Å²) in [5.74, 6) is 0. The first-order chi connectivity index (χ1) is 4.72. The van der Waals surface area contributed by atoms with Crippen LogP contribution in [0.2, 0.25) is 0 Å². The molecule has 1 heteroatoms. The molecule has 58 valence electrons. The van der Waals surface area contributed by atoms with Gasteiger partial charge in [0.1, 0.15) is 0 Å². The molecule has 10 heavy (non-hydrogen) atoms. The molecule has 0 amide bonds. The summed E-state index contributed by atoms with van der Waals surface area (Å²) in [5.41, 5.74) is 7.01. The van der Waals surface area contributed by atoms with Gasteiger partial charge in [0.25, 0.3) is 0 Å². The highest BCUT2D eigenvalue weighted by Gasteiger charge is 1.97. The topological polar surface area (TPSA) is 26.0 Å². The third-order valence-corrected chi connectivity index (χ3v) is 1.58. The highest BCUT2D eigenvalue weighted by molar-refractivity contribution is 5.14. The van der Waals surface area contributed by atoms with Crippen molar-refractivity contribution in [1.29, 1.82) is 0 Å². The van der Waals surface area contributed by atoms with Crippen LogP contribution in [0, 0.1) is 0 Å². The third-order valence-electron chi connectivity index (χ3n) is 1.58. The standard InChI is InChI=1S/C9H17N/c1-4-6-7-8(3)9(10)5-2/h4,6-7,9H,5,10H2,1-3H3/b6-4-,8-7+. The van der Waals surface area contributed by atoms with Crippen molar-refractivity contribution >= 4 is 0 Å². The predicted octanol–water partition coefficient (Wildman–Crippen LogP) is 2.25. The molecular formula is C9H17N. The summed E-state index contributed by atoms with van der Waals surface area (Å²) < 4.78 is 0. The summed E-state index contributed by atoms with van der Waals surface area (Å²) in [5, 5.41) is 0. The largest absolute Gasteiger partial charge is 0.324 e. The molecule has 0 aromatic carbocycles. The molecule has 0 saturated heterocycles. The Bertz CT molecular complexity index is 134. The lowest BCUT2D eigenvalue weighted by Crippen LogP contribution is -2.19. The van der Waals surface area contributed by atoms with Crippen LogP contribution in [0.4, 0.5) is 0 Å². The first kappa shape index (κ1) is 9.44. The fourth-order valence-electron chi connectivity index (χ4n) is 0.694. The number of allylic oxidation sites excluding steroid dienone is 3. The van der Waals surface area contributed by atoms with E-state index in [0.29, 0.717) is 0 Å². The van der Waals surface area contributed by atoms with Crippen molar-refractivity contribution in [3.05, 3.63) is 23.8 Å². The minimum Gasteiger partial charge on any atom is -0.324 e. The Hall–Kier alpha value is -0.560. The summed E-state index contributed by atoms with van der Waals surface area (Å²) in [6, 6.07) is 0.233. The molecule has 0 fully saturated rings.